The summed E-state index contributed by atoms with van der Waals surface area (Å²) in [6.45, 7) is 19.6. The molecule has 11 atom stereocenters. The standard InChI is InChI=1S/C33H51N3O3/c1-21(2)22-10-15-33(20-36(28(38)39)19-18-34-35-36)17-16-31(6)23(27(22)33)8-9-25-30(5)13-12-26(37)29(3,4)24(30)11-14-32(25,31)7/h18-19,22-27,37H,1,8-17,20H2,2-7H3/t22-,23+,24-,25?,26-,27+,30-,31+,32+,33+,36?/m0/s1. The van der Waals surface area contributed by atoms with Gasteiger partial charge in [-0.1, -0.05) is 46.8 Å². The highest BCUT2D eigenvalue weighted by molar-refractivity contribution is 5.55. The van der Waals surface area contributed by atoms with Crippen molar-refractivity contribution < 1.29 is 19.6 Å². The van der Waals surface area contributed by atoms with Crippen LogP contribution in [0.4, 0.5) is 4.79 Å². The van der Waals surface area contributed by atoms with Crippen LogP contribution in [0.5, 0.6) is 0 Å². The quantitative estimate of drug-likeness (QED) is 0.310. The van der Waals surface area contributed by atoms with Gasteiger partial charge in [0.15, 0.2) is 6.20 Å². The maximum Gasteiger partial charge on any atom is 0.292 e. The van der Waals surface area contributed by atoms with Gasteiger partial charge in [0, 0.05) is 10.6 Å². The summed E-state index contributed by atoms with van der Waals surface area (Å²) in [6, 6.07) is 0. The van der Waals surface area contributed by atoms with Gasteiger partial charge in [0.25, 0.3) is 6.09 Å². The van der Waals surface area contributed by atoms with Crippen molar-refractivity contribution in [3.63, 3.8) is 0 Å². The molecule has 0 saturated heterocycles. The van der Waals surface area contributed by atoms with Crippen LogP contribution in [-0.2, 0) is 0 Å². The maximum atomic E-state index is 12.4. The summed E-state index contributed by atoms with van der Waals surface area (Å²) < 4.78 is -0.514. The van der Waals surface area contributed by atoms with Crippen molar-refractivity contribution in [3.8, 4) is 0 Å². The molecule has 0 aromatic heterocycles. The van der Waals surface area contributed by atoms with Crippen LogP contribution in [0.3, 0.4) is 0 Å². The molecule has 6 heteroatoms. The number of aliphatic hydroxyl groups is 1. The molecule has 1 heterocycles. The largest absolute Gasteiger partial charge is 0.496 e. The molecular weight excluding hydrogens is 486 g/mol. The zero-order chi connectivity index (χ0) is 28.2. The van der Waals surface area contributed by atoms with Gasteiger partial charge in [0.05, 0.1) is 6.10 Å². The zero-order valence-electron chi connectivity index (χ0n) is 25.2. The molecule has 6 rings (SSSR count). The minimum Gasteiger partial charge on any atom is -0.496 e. The lowest BCUT2D eigenvalue weighted by Crippen LogP contribution is -2.67. The molecule has 0 aromatic rings. The van der Waals surface area contributed by atoms with Crippen molar-refractivity contribution in [1.82, 2.24) is 0 Å². The number of amides is 1. The number of hydrogen-bond donors (Lipinski definition) is 1. The average molecular weight is 538 g/mol. The predicted molar refractivity (Wildman–Crippen MR) is 149 cm³/mol. The van der Waals surface area contributed by atoms with Crippen molar-refractivity contribution in [2.24, 2.45) is 67.0 Å². The molecule has 5 fully saturated rings. The first-order chi connectivity index (χ1) is 18.2. The Morgan fingerprint density at radius 1 is 0.974 bits per heavy atom. The molecule has 0 radical (unpaired) electrons. The van der Waals surface area contributed by atoms with Crippen LogP contribution in [0.15, 0.2) is 34.9 Å². The second kappa shape index (κ2) is 8.50. The van der Waals surface area contributed by atoms with Crippen molar-refractivity contribution in [2.45, 2.75) is 112 Å². The van der Waals surface area contributed by atoms with Gasteiger partial charge >= 0.3 is 0 Å². The summed E-state index contributed by atoms with van der Waals surface area (Å²) >= 11 is 0. The second-order valence-electron chi connectivity index (χ2n) is 16.2. The highest BCUT2D eigenvalue weighted by Crippen LogP contribution is 2.77. The number of carbonyl (C=O) groups is 1. The minimum atomic E-state index is -1.17. The van der Waals surface area contributed by atoms with Crippen LogP contribution in [-0.4, -0.2) is 28.4 Å². The molecule has 6 aliphatic rings. The summed E-state index contributed by atoms with van der Waals surface area (Å²) in [7, 11) is 0. The lowest BCUT2D eigenvalue weighted by Gasteiger charge is -2.73. The number of allylic oxidation sites excluding steroid dienone is 1. The van der Waals surface area contributed by atoms with Crippen LogP contribution < -0.4 is 5.11 Å². The van der Waals surface area contributed by atoms with Gasteiger partial charge in [0.1, 0.15) is 12.7 Å². The lowest BCUT2D eigenvalue weighted by molar-refractivity contribution is -0.843. The van der Waals surface area contributed by atoms with Crippen LogP contribution in [0.1, 0.15) is 106 Å². The predicted octanol–water partition coefficient (Wildman–Crippen LogP) is 7.02. The van der Waals surface area contributed by atoms with Gasteiger partial charge in [0.2, 0.25) is 0 Å². The van der Waals surface area contributed by atoms with E-state index in [0.29, 0.717) is 36.1 Å². The van der Waals surface area contributed by atoms with Crippen LogP contribution in [0.25, 0.3) is 0 Å². The summed E-state index contributed by atoms with van der Waals surface area (Å²) in [5.74, 6) is 2.61. The molecule has 0 aromatic carbocycles. The van der Waals surface area contributed by atoms with Crippen molar-refractivity contribution >= 4 is 6.09 Å². The van der Waals surface area contributed by atoms with Crippen molar-refractivity contribution in [1.29, 1.82) is 0 Å². The van der Waals surface area contributed by atoms with E-state index in [-0.39, 0.29) is 33.2 Å². The molecule has 5 aliphatic carbocycles. The highest BCUT2D eigenvalue weighted by Gasteiger charge is 2.71. The summed E-state index contributed by atoms with van der Waals surface area (Å²) in [4.78, 5) is 12.4. The van der Waals surface area contributed by atoms with Gasteiger partial charge in [-0.2, -0.15) is 0 Å². The number of carboxylic acid groups (broad SMARTS) is 1. The monoisotopic (exact) mass is 537 g/mol. The number of rotatable bonds is 3. The smallest absolute Gasteiger partial charge is 0.292 e. The Balaban J connectivity index is 1.40. The van der Waals surface area contributed by atoms with Gasteiger partial charge in [-0.3, -0.25) is 0 Å². The molecule has 1 aliphatic heterocycles. The Hall–Kier alpha value is -1.53. The van der Waals surface area contributed by atoms with Crippen LogP contribution in [0, 0.1) is 56.7 Å². The lowest BCUT2D eigenvalue weighted by atomic mass is 9.32. The van der Waals surface area contributed by atoms with Gasteiger partial charge in [-0.15, -0.1) is 9.71 Å². The number of nitrogens with zero attached hydrogens (tertiary/aromatic N) is 3. The number of quaternary nitrogens is 1. The van der Waals surface area contributed by atoms with Gasteiger partial charge < -0.3 is 15.0 Å². The van der Waals surface area contributed by atoms with E-state index in [1.807, 2.05) is 0 Å². The third kappa shape index (κ3) is 3.43. The van der Waals surface area contributed by atoms with Gasteiger partial charge in [-0.05, 0) is 122 Å². The van der Waals surface area contributed by atoms with E-state index in [4.69, 9.17) is 0 Å². The number of aliphatic hydroxyl groups excluding tert-OH is 1. The third-order valence-corrected chi connectivity index (χ3v) is 14.7. The van der Waals surface area contributed by atoms with E-state index >= 15 is 0 Å². The summed E-state index contributed by atoms with van der Waals surface area (Å²) in [5.41, 5.74) is 1.82. The summed E-state index contributed by atoms with van der Waals surface area (Å²) in [5, 5.41) is 31.6. The first-order valence-corrected chi connectivity index (χ1v) is 15.7. The second-order valence-corrected chi connectivity index (χ2v) is 16.2. The Morgan fingerprint density at radius 3 is 2.36 bits per heavy atom. The van der Waals surface area contributed by atoms with E-state index in [2.05, 4.69) is 58.5 Å². The topological polar surface area (TPSA) is 85.1 Å². The van der Waals surface area contributed by atoms with Crippen molar-refractivity contribution in [2.75, 3.05) is 6.54 Å². The van der Waals surface area contributed by atoms with E-state index < -0.39 is 10.7 Å². The highest BCUT2D eigenvalue weighted by atomic mass is 16.4. The Morgan fingerprint density at radius 2 is 1.72 bits per heavy atom. The molecule has 6 nitrogen and oxygen atoms in total. The fourth-order valence-electron chi connectivity index (χ4n) is 12.6. The molecule has 1 amide bonds. The van der Waals surface area contributed by atoms with E-state index in [0.717, 1.165) is 38.5 Å². The molecule has 2 unspecified atom stereocenters. The van der Waals surface area contributed by atoms with E-state index in [9.17, 15) is 15.0 Å². The third-order valence-electron chi connectivity index (χ3n) is 14.7. The number of carbonyl (C=O) groups excluding carboxylic acids is 1. The minimum absolute atomic E-state index is 0.0369. The Bertz CT molecular complexity index is 1120. The molecule has 0 bridgehead atoms. The molecule has 216 valence electrons. The molecule has 1 N–H and O–H groups in total. The Labute approximate surface area is 235 Å². The van der Waals surface area contributed by atoms with E-state index in [1.54, 1.807) is 6.20 Å². The van der Waals surface area contributed by atoms with E-state index in [1.165, 1.54) is 37.5 Å². The first kappa shape index (κ1) is 27.6. The fourth-order valence-corrected chi connectivity index (χ4v) is 12.6. The molecule has 0 spiro atoms. The fraction of sp³-hybridized carbons (Fsp3) is 0.848. The van der Waals surface area contributed by atoms with Crippen LogP contribution >= 0.6 is 0 Å². The van der Waals surface area contributed by atoms with Gasteiger partial charge in [-0.25, -0.2) is 0 Å². The molecular formula is C33H51N3O3. The van der Waals surface area contributed by atoms with Crippen molar-refractivity contribution in [3.05, 3.63) is 24.6 Å². The SMILES string of the molecule is C=C(C)[C@@H]1CC[C@]2(C[N+]3(C(=O)[O-])C=CN=N3)CC[C@]3(C)[C@H](CCC4[C@@]5(C)CC[C@H](O)C(C)(C)[C@@H]5CC[C@]43C)[C@@H]12. The first-order valence-electron chi connectivity index (χ1n) is 15.7. The molecule has 39 heavy (non-hydrogen) atoms. The maximum absolute atomic E-state index is 12.4. The number of fused-ring (bicyclic) bond motifs is 7. The van der Waals surface area contributed by atoms with Crippen LogP contribution in [0.2, 0.25) is 0 Å². The molecule has 5 saturated carbocycles. The zero-order valence-corrected chi connectivity index (χ0v) is 25.2. The number of hydrogen-bond acceptors (Lipinski definition) is 5. The normalized spacial score (nSPS) is 53.4. The average Bonchev–Trinajstić information content (AvgIpc) is 3.48. The summed E-state index contributed by atoms with van der Waals surface area (Å²) in [6.07, 6.45) is 13.0. The Kier molecular flexibility index (Phi) is 6.02.